The molecule has 4 heteroatoms. The van der Waals surface area contributed by atoms with Crippen LogP contribution in [0.4, 0.5) is 0 Å². The highest BCUT2D eigenvalue weighted by molar-refractivity contribution is 6.30. The number of nitrogens with zero attached hydrogens (tertiary/aromatic N) is 1. The van der Waals surface area contributed by atoms with E-state index in [0.717, 1.165) is 53.7 Å². The van der Waals surface area contributed by atoms with Gasteiger partial charge in [0.2, 0.25) is 0 Å². The van der Waals surface area contributed by atoms with Crippen LogP contribution in [0.1, 0.15) is 29.6 Å². The number of hydrogen-bond acceptors (Lipinski definition) is 3. The van der Waals surface area contributed by atoms with Crippen molar-refractivity contribution in [1.82, 2.24) is 10.3 Å². The molecule has 0 unspecified atom stereocenters. The molecule has 26 heavy (non-hydrogen) atoms. The maximum Gasteiger partial charge on any atom is 0.163 e. The molecule has 4 rings (SSSR count). The van der Waals surface area contributed by atoms with Crippen molar-refractivity contribution in [3.8, 4) is 11.3 Å². The van der Waals surface area contributed by atoms with Crippen LogP contribution in [0.3, 0.4) is 0 Å². The predicted molar refractivity (Wildman–Crippen MR) is 107 cm³/mol. The SMILES string of the molecule is O=C(CC1CCNCC1)c1cc(-c2ccc(Cl)cc2)nc2ccccc12. The number of piperidine rings is 1. The normalized spacial score (nSPS) is 15.3. The summed E-state index contributed by atoms with van der Waals surface area (Å²) in [4.78, 5) is 17.9. The Bertz CT molecular complexity index is 931. The average Bonchev–Trinajstić information content (AvgIpc) is 2.68. The first-order valence-corrected chi connectivity index (χ1v) is 9.48. The second kappa shape index (κ2) is 7.56. The van der Waals surface area contributed by atoms with Crippen molar-refractivity contribution < 1.29 is 4.79 Å². The molecule has 1 fully saturated rings. The quantitative estimate of drug-likeness (QED) is 0.653. The van der Waals surface area contributed by atoms with Crippen LogP contribution < -0.4 is 5.32 Å². The van der Waals surface area contributed by atoms with E-state index in [2.05, 4.69) is 5.32 Å². The molecular formula is C22H21ClN2O. The molecule has 3 nitrogen and oxygen atoms in total. The maximum absolute atomic E-state index is 13.1. The van der Waals surface area contributed by atoms with Gasteiger partial charge in [-0.05, 0) is 56.1 Å². The Labute approximate surface area is 158 Å². The molecule has 0 radical (unpaired) electrons. The second-order valence-corrected chi connectivity index (χ2v) is 7.34. The average molecular weight is 365 g/mol. The number of ketones is 1. The van der Waals surface area contributed by atoms with Gasteiger partial charge < -0.3 is 5.32 Å². The molecule has 2 aromatic carbocycles. The summed E-state index contributed by atoms with van der Waals surface area (Å²) in [6.45, 7) is 2.01. The number of pyridine rings is 1. The predicted octanol–water partition coefficient (Wildman–Crippen LogP) is 5.13. The molecule has 2 heterocycles. The number of halogens is 1. The first kappa shape index (κ1) is 17.2. The van der Waals surface area contributed by atoms with Crippen LogP contribution in [0.15, 0.2) is 54.6 Å². The molecule has 1 aliphatic rings. The van der Waals surface area contributed by atoms with Crippen LogP contribution in [0, 0.1) is 5.92 Å². The molecule has 0 amide bonds. The van der Waals surface area contributed by atoms with E-state index in [-0.39, 0.29) is 5.78 Å². The number of para-hydroxylation sites is 1. The number of Topliss-reactive ketones (excluding diaryl/α,β-unsaturated/α-hetero) is 1. The van der Waals surface area contributed by atoms with E-state index in [9.17, 15) is 4.79 Å². The number of carbonyl (C=O) groups excluding carboxylic acids is 1. The maximum atomic E-state index is 13.1. The van der Waals surface area contributed by atoms with Crippen LogP contribution in [-0.4, -0.2) is 23.9 Å². The highest BCUT2D eigenvalue weighted by atomic mass is 35.5. The van der Waals surface area contributed by atoms with Crippen LogP contribution in [0.2, 0.25) is 5.02 Å². The third-order valence-corrected chi connectivity index (χ3v) is 5.34. The fourth-order valence-electron chi connectivity index (χ4n) is 3.63. The lowest BCUT2D eigenvalue weighted by molar-refractivity contribution is 0.0954. The largest absolute Gasteiger partial charge is 0.317 e. The summed E-state index contributed by atoms with van der Waals surface area (Å²) in [7, 11) is 0. The number of carbonyl (C=O) groups is 1. The molecular weight excluding hydrogens is 344 g/mol. The molecule has 132 valence electrons. The van der Waals surface area contributed by atoms with Crippen molar-refractivity contribution in [3.05, 3.63) is 65.2 Å². The van der Waals surface area contributed by atoms with Gasteiger partial charge in [-0.2, -0.15) is 0 Å². The van der Waals surface area contributed by atoms with Gasteiger partial charge >= 0.3 is 0 Å². The molecule has 0 spiro atoms. The number of fused-ring (bicyclic) bond motifs is 1. The Morgan fingerprint density at radius 2 is 1.81 bits per heavy atom. The van der Waals surface area contributed by atoms with Gasteiger partial charge in [-0.3, -0.25) is 4.79 Å². The fraction of sp³-hybridized carbons (Fsp3) is 0.273. The lowest BCUT2D eigenvalue weighted by Crippen LogP contribution is -2.28. The molecule has 1 N–H and O–H groups in total. The van der Waals surface area contributed by atoms with Crippen LogP contribution >= 0.6 is 11.6 Å². The molecule has 0 bridgehead atoms. The first-order chi connectivity index (χ1) is 12.7. The molecule has 0 aliphatic carbocycles. The van der Waals surface area contributed by atoms with Crippen LogP contribution in [0.5, 0.6) is 0 Å². The first-order valence-electron chi connectivity index (χ1n) is 9.10. The lowest BCUT2D eigenvalue weighted by atomic mass is 9.89. The third kappa shape index (κ3) is 3.64. The van der Waals surface area contributed by atoms with Gasteiger partial charge in [0, 0.05) is 28.0 Å². The summed E-state index contributed by atoms with van der Waals surface area (Å²) in [5.74, 6) is 0.681. The van der Waals surface area contributed by atoms with Gasteiger partial charge in [0.25, 0.3) is 0 Å². The van der Waals surface area contributed by atoms with Crippen LogP contribution in [-0.2, 0) is 0 Å². The van der Waals surface area contributed by atoms with Gasteiger partial charge in [-0.25, -0.2) is 4.98 Å². The second-order valence-electron chi connectivity index (χ2n) is 6.90. The topological polar surface area (TPSA) is 42.0 Å². The highest BCUT2D eigenvalue weighted by Crippen LogP contribution is 2.28. The van der Waals surface area contributed by atoms with Crippen molar-refractivity contribution in [3.63, 3.8) is 0 Å². The van der Waals surface area contributed by atoms with E-state index in [0.29, 0.717) is 17.4 Å². The summed E-state index contributed by atoms with van der Waals surface area (Å²) < 4.78 is 0. The Hall–Kier alpha value is -2.23. The molecule has 1 aromatic heterocycles. The summed E-state index contributed by atoms with van der Waals surface area (Å²) in [5, 5.41) is 4.99. The molecule has 0 saturated carbocycles. The zero-order valence-corrected chi connectivity index (χ0v) is 15.3. The summed E-state index contributed by atoms with van der Waals surface area (Å²) >= 11 is 6.00. The van der Waals surface area contributed by atoms with Gasteiger partial charge in [0.1, 0.15) is 0 Å². The van der Waals surface area contributed by atoms with Crippen molar-refractivity contribution in [2.75, 3.05) is 13.1 Å². The minimum atomic E-state index is 0.214. The van der Waals surface area contributed by atoms with Gasteiger partial charge in [-0.15, -0.1) is 0 Å². The number of hydrogen-bond donors (Lipinski definition) is 1. The minimum Gasteiger partial charge on any atom is -0.317 e. The van der Waals surface area contributed by atoms with E-state index < -0.39 is 0 Å². The summed E-state index contributed by atoms with van der Waals surface area (Å²) in [6.07, 6.45) is 2.74. The van der Waals surface area contributed by atoms with E-state index in [1.54, 1.807) is 0 Å². The Kier molecular flexibility index (Phi) is 5.00. The standard InChI is InChI=1S/C22H21ClN2O/c23-17-7-5-16(6-8-17)21-14-19(18-3-1-2-4-20(18)25-21)22(26)13-15-9-11-24-12-10-15/h1-8,14-15,24H,9-13H2. The van der Waals surface area contributed by atoms with Crippen molar-refractivity contribution in [2.45, 2.75) is 19.3 Å². The Balaban J connectivity index is 1.74. The molecule has 3 aromatic rings. The monoisotopic (exact) mass is 364 g/mol. The minimum absolute atomic E-state index is 0.214. The smallest absolute Gasteiger partial charge is 0.163 e. The lowest BCUT2D eigenvalue weighted by Gasteiger charge is -2.22. The molecule has 1 aliphatic heterocycles. The zero-order chi connectivity index (χ0) is 17.9. The van der Waals surface area contributed by atoms with E-state index in [1.165, 1.54) is 0 Å². The number of rotatable bonds is 4. The highest BCUT2D eigenvalue weighted by Gasteiger charge is 2.20. The van der Waals surface area contributed by atoms with Crippen LogP contribution in [0.25, 0.3) is 22.2 Å². The summed E-state index contributed by atoms with van der Waals surface area (Å²) in [5.41, 5.74) is 3.41. The van der Waals surface area contributed by atoms with Crippen molar-refractivity contribution in [1.29, 1.82) is 0 Å². The van der Waals surface area contributed by atoms with E-state index >= 15 is 0 Å². The van der Waals surface area contributed by atoms with Crippen molar-refractivity contribution >= 4 is 28.3 Å². The fourth-order valence-corrected chi connectivity index (χ4v) is 3.76. The number of nitrogens with one attached hydrogen (secondary N) is 1. The van der Waals surface area contributed by atoms with Gasteiger partial charge in [0.15, 0.2) is 5.78 Å². The molecule has 1 saturated heterocycles. The number of benzene rings is 2. The van der Waals surface area contributed by atoms with Crippen molar-refractivity contribution in [2.24, 2.45) is 5.92 Å². The van der Waals surface area contributed by atoms with E-state index in [1.807, 2.05) is 54.6 Å². The Morgan fingerprint density at radius 3 is 2.58 bits per heavy atom. The Morgan fingerprint density at radius 1 is 1.08 bits per heavy atom. The summed E-state index contributed by atoms with van der Waals surface area (Å²) in [6, 6.07) is 17.4. The van der Waals surface area contributed by atoms with Gasteiger partial charge in [0.05, 0.1) is 11.2 Å². The molecule has 0 atom stereocenters. The third-order valence-electron chi connectivity index (χ3n) is 5.09. The van der Waals surface area contributed by atoms with Gasteiger partial charge in [-0.1, -0.05) is 41.9 Å². The van der Waals surface area contributed by atoms with E-state index in [4.69, 9.17) is 16.6 Å². The number of aromatic nitrogens is 1. The zero-order valence-electron chi connectivity index (χ0n) is 14.5.